The number of nitrogens with zero attached hydrogens (tertiary/aromatic N) is 4. The van der Waals surface area contributed by atoms with Gasteiger partial charge in [-0.05, 0) is 62.8 Å². The summed E-state index contributed by atoms with van der Waals surface area (Å²) < 4.78 is 17.5. The van der Waals surface area contributed by atoms with Gasteiger partial charge < -0.3 is 19.2 Å². The van der Waals surface area contributed by atoms with E-state index in [9.17, 15) is 14.4 Å². The molecule has 4 heterocycles. The number of unbranched alkanes of at least 4 members (excludes halogenated alkanes) is 2. The van der Waals surface area contributed by atoms with Gasteiger partial charge in [0.05, 0.1) is 23.9 Å². The Hall–Kier alpha value is -4.67. The molecule has 0 bridgehead atoms. The van der Waals surface area contributed by atoms with Crippen LogP contribution >= 0.6 is 0 Å². The first-order valence-electron chi connectivity index (χ1n) is 15.7. The molecule has 1 N–H and O–H groups in total. The third-order valence-electron chi connectivity index (χ3n) is 8.92. The number of ether oxygens (including phenoxy) is 2. The van der Waals surface area contributed by atoms with Crippen LogP contribution in [0.25, 0.3) is 22.4 Å². The summed E-state index contributed by atoms with van der Waals surface area (Å²) in [5.41, 5.74) is 1.76. The Morgan fingerprint density at radius 2 is 1.89 bits per heavy atom. The molecule has 0 radical (unpaired) electrons. The maximum atomic E-state index is 13.6. The van der Waals surface area contributed by atoms with E-state index in [-0.39, 0.29) is 29.5 Å². The molecule has 4 aromatic rings. The molecule has 45 heavy (non-hydrogen) atoms. The number of ketones is 1. The molecule has 1 fully saturated rings. The first-order valence-corrected chi connectivity index (χ1v) is 15.7. The van der Waals surface area contributed by atoms with Gasteiger partial charge in [-0.1, -0.05) is 38.0 Å². The molecule has 11 nitrogen and oxygen atoms in total. The number of Topliss-reactive ketones (excluding diaryl/α,β-unsaturated/α-hetero) is 1. The van der Waals surface area contributed by atoms with Crippen molar-refractivity contribution in [2.24, 2.45) is 5.92 Å². The number of para-hydroxylation sites is 1. The predicted molar refractivity (Wildman–Crippen MR) is 164 cm³/mol. The van der Waals surface area contributed by atoms with Crippen LogP contribution in [-0.2, 0) is 19.9 Å². The third kappa shape index (κ3) is 6.29. The first kappa shape index (κ1) is 30.4. The summed E-state index contributed by atoms with van der Waals surface area (Å²) in [5, 5.41) is 12.7. The van der Waals surface area contributed by atoms with Gasteiger partial charge in [0, 0.05) is 30.3 Å². The summed E-state index contributed by atoms with van der Waals surface area (Å²) in [6.07, 6.45) is 7.90. The number of carbonyl (C=O) groups excluding carboxylic acids is 3. The number of pyridine rings is 2. The second-order valence-corrected chi connectivity index (χ2v) is 11.8. The SMILES string of the molecule is CCC(=O)CCCCC[C@H](NC(=O)C1CCC2(CC1)OC(=O)c1cccnc12)c1nnc(-c2cc3ccccc3nc2OC)o1. The van der Waals surface area contributed by atoms with Crippen molar-refractivity contribution in [2.75, 3.05) is 7.11 Å². The van der Waals surface area contributed by atoms with Crippen LogP contribution in [0, 0.1) is 5.92 Å². The molecule has 1 saturated carbocycles. The second kappa shape index (κ2) is 13.1. The molecule has 3 aromatic heterocycles. The molecule has 1 aliphatic carbocycles. The van der Waals surface area contributed by atoms with Crippen LogP contribution in [0.15, 0.2) is 53.1 Å². The Balaban J connectivity index is 1.17. The zero-order chi connectivity index (χ0) is 31.4. The number of benzene rings is 1. The summed E-state index contributed by atoms with van der Waals surface area (Å²) in [7, 11) is 1.54. The van der Waals surface area contributed by atoms with Gasteiger partial charge in [0.15, 0.2) is 5.60 Å². The van der Waals surface area contributed by atoms with E-state index in [2.05, 4.69) is 25.5 Å². The van der Waals surface area contributed by atoms with Crippen LogP contribution < -0.4 is 10.1 Å². The van der Waals surface area contributed by atoms with E-state index in [1.807, 2.05) is 37.3 Å². The highest BCUT2D eigenvalue weighted by Crippen LogP contribution is 2.47. The number of carbonyl (C=O) groups is 3. The summed E-state index contributed by atoms with van der Waals surface area (Å²) >= 11 is 0. The van der Waals surface area contributed by atoms with Crippen molar-refractivity contribution < 1.29 is 28.3 Å². The first-order chi connectivity index (χ1) is 21.9. The monoisotopic (exact) mass is 611 g/mol. The number of esters is 1. The molecule has 0 unspecified atom stereocenters. The van der Waals surface area contributed by atoms with E-state index in [0.29, 0.717) is 73.5 Å². The van der Waals surface area contributed by atoms with E-state index >= 15 is 0 Å². The average Bonchev–Trinajstić information content (AvgIpc) is 3.66. The lowest BCUT2D eigenvalue weighted by Crippen LogP contribution is -2.40. The van der Waals surface area contributed by atoms with Crippen molar-refractivity contribution in [3.05, 3.63) is 65.8 Å². The van der Waals surface area contributed by atoms with Crippen molar-refractivity contribution in [1.29, 1.82) is 0 Å². The van der Waals surface area contributed by atoms with E-state index in [0.717, 1.165) is 30.2 Å². The molecule has 0 saturated heterocycles. The lowest BCUT2D eigenvalue weighted by Gasteiger charge is -2.35. The number of hydrogen-bond acceptors (Lipinski definition) is 10. The van der Waals surface area contributed by atoms with E-state index in [4.69, 9.17) is 13.9 Å². The Labute approximate surface area is 261 Å². The van der Waals surface area contributed by atoms with Crippen molar-refractivity contribution in [1.82, 2.24) is 25.5 Å². The minimum Gasteiger partial charge on any atom is -0.480 e. The van der Waals surface area contributed by atoms with Gasteiger partial charge in [0.25, 0.3) is 5.89 Å². The highest BCUT2D eigenvalue weighted by Gasteiger charge is 2.49. The zero-order valence-electron chi connectivity index (χ0n) is 25.6. The van der Waals surface area contributed by atoms with Gasteiger partial charge in [-0.15, -0.1) is 10.2 Å². The second-order valence-electron chi connectivity index (χ2n) is 11.8. The number of nitrogens with one attached hydrogen (secondary N) is 1. The third-order valence-corrected chi connectivity index (χ3v) is 8.92. The number of rotatable bonds is 12. The lowest BCUT2D eigenvalue weighted by atomic mass is 9.76. The van der Waals surface area contributed by atoms with Crippen LogP contribution in [0.5, 0.6) is 5.88 Å². The molecule has 234 valence electrons. The van der Waals surface area contributed by atoms with Gasteiger partial charge in [0.2, 0.25) is 17.7 Å². The number of fused-ring (bicyclic) bond motifs is 3. The number of aromatic nitrogens is 4. The minimum atomic E-state index is -0.770. The van der Waals surface area contributed by atoms with Crippen molar-refractivity contribution in [3.8, 4) is 17.3 Å². The van der Waals surface area contributed by atoms with E-state index in [1.165, 1.54) is 0 Å². The topological polar surface area (TPSA) is 146 Å². The molecular weight excluding hydrogens is 574 g/mol. The van der Waals surface area contributed by atoms with E-state index in [1.54, 1.807) is 25.4 Å². The van der Waals surface area contributed by atoms with Crippen LogP contribution in [0.4, 0.5) is 0 Å². The summed E-state index contributed by atoms with van der Waals surface area (Å²) in [4.78, 5) is 46.9. The van der Waals surface area contributed by atoms with Gasteiger partial charge in [-0.25, -0.2) is 9.78 Å². The quantitative estimate of drug-likeness (QED) is 0.149. The molecule has 11 heteroatoms. The maximum absolute atomic E-state index is 13.6. The Morgan fingerprint density at radius 3 is 2.69 bits per heavy atom. The normalized spacial score (nSPS) is 19.7. The van der Waals surface area contributed by atoms with Crippen molar-refractivity contribution in [3.63, 3.8) is 0 Å². The standard InChI is InChI=1S/C34H37N5O6/c1-3-23(40)11-5-4-6-14-27(32-39-38-31(44-32)25-20-22-10-7-8-13-26(22)37-30(25)43-2)36-29(41)21-15-17-34(18-16-21)28-24(33(42)45-34)12-9-19-35-28/h7-10,12-13,19-21,27H,3-6,11,14-18H2,1-2H3,(H,36,41)/t21?,27-,34?/m0/s1. The Bertz CT molecular complexity index is 1710. The smallest absolute Gasteiger partial charge is 0.341 e. The fourth-order valence-electron chi connectivity index (χ4n) is 6.36. The van der Waals surface area contributed by atoms with Crippen LogP contribution in [0.2, 0.25) is 0 Å². The predicted octanol–water partition coefficient (Wildman–Crippen LogP) is 6.03. The molecule has 1 atom stereocenters. The highest BCUT2D eigenvalue weighted by atomic mass is 16.6. The van der Waals surface area contributed by atoms with E-state index < -0.39 is 11.6 Å². The van der Waals surface area contributed by atoms with Gasteiger partial charge in [-0.3, -0.25) is 14.6 Å². The Kier molecular flexibility index (Phi) is 8.86. The number of methoxy groups -OCH3 is 1. The summed E-state index contributed by atoms with van der Waals surface area (Å²) in [5.74, 6) is 0.442. The molecule has 1 amide bonds. The molecule has 1 aliphatic heterocycles. The molecule has 2 aliphatic rings. The van der Waals surface area contributed by atoms with Crippen LogP contribution in [-0.4, -0.2) is 44.9 Å². The average molecular weight is 612 g/mol. The maximum Gasteiger partial charge on any atom is 0.341 e. The molecule has 1 aromatic carbocycles. The molecule has 6 rings (SSSR count). The highest BCUT2D eigenvalue weighted by molar-refractivity contribution is 5.94. The summed E-state index contributed by atoms with van der Waals surface area (Å²) in [6, 6.07) is 12.5. The summed E-state index contributed by atoms with van der Waals surface area (Å²) in [6.45, 7) is 1.88. The minimum absolute atomic E-state index is 0.105. The van der Waals surface area contributed by atoms with Crippen molar-refractivity contribution >= 4 is 28.6 Å². The fraction of sp³-hybridized carbons (Fsp3) is 0.441. The van der Waals surface area contributed by atoms with Gasteiger partial charge in [-0.2, -0.15) is 0 Å². The van der Waals surface area contributed by atoms with Gasteiger partial charge in [0.1, 0.15) is 17.4 Å². The van der Waals surface area contributed by atoms with Crippen molar-refractivity contribution in [2.45, 2.75) is 82.8 Å². The van der Waals surface area contributed by atoms with Gasteiger partial charge >= 0.3 is 5.97 Å². The van der Waals surface area contributed by atoms with Crippen LogP contribution in [0.1, 0.15) is 99.1 Å². The lowest BCUT2D eigenvalue weighted by molar-refractivity contribution is -0.129. The van der Waals surface area contributed by atoms with Crippen LogP contribution in [0.3, 0.4) is 0 Å². The zero-order valence-corrected chi connectivity index (χ0v) is 25.6. The number of hydrogen-bond donors (Lipinski definition) is 1. The largest absolute Gasteiger partial charge is 0.480 e. The Morgan fingerprint density at radius 1 is 1.07 bits per heavy atom. The molecule has 1 spiro atoms. The fourth-order valence-corrected chi connectivity index (χ4v) is 6.36. The molecular formula is C34H37N5O6. The number of amides is 1.